The third-order valence-electron chi connectivity index (χ3n) is 4.39. The topological polar surface area (TPSA) is 61.8 Å². The minimum atomic E-state index is -0.399. The number of hydrogen-bond donors (Lipinski definition) is 0. The highest BCUT2D eigenvalue weighted by molar-refractivity contribution is 5.86. The Labute approximate surface area is 111 Å². The number of carbonyl (C=O) groups is 2. The zero-order valence-corrected chi connectivity index (χ0v) is 11.0. The molecule has 5 nitrogen and oxygen atoms in total. The summed E-state index contributed by atoms with van der Waals surface area (Å²) in [6.07, 6.45) is 1.82. The van der Waals surface area contributed by atoms with Crippen LogP contribution in [0.2, 0.25) is 0 Å². The molecule has 2 bridgehead atoms. The zero-order chi connectivity index (χ0) is 13.6. The van der Waals surface area contributed by atoms with E-state index in [0.717, 1.165) is 12.8 Å². The Kier molecular flexibility index (Phi) is 3.09. The van der Waals surface area contributed by atoms with Gasteiger partial charge in [-0.25, -0.2) is 4.79 Å². The van der Waals surface area contributed by atoms with Gasteiger partial charge in [0.05, 0.1) is 18.6 Å². The molecule has 3 rings (SSSR count). The third-order valence-corrected chi connectivity index (χ3v) is 4.39. The van der Waals surface area contributed by atoms with Crippen molar-refractivity contribution in [1.82, 2.24) is 0 Å². The van der Waals surface area contributed by atoms with Gasteiger partial charge in [0.1, 0.15) is 12.7 Å². The molecule has 0 amide bonds. The minimum Gasteiger partial charge on any atom is -0.460 e. The molecule has 0 N–H and O–H groups in total. The fourth-order valence-corrected chi connectivity index (χ4v) is 3.57. The molecule has 2 aliphatic carbocycles. The van der Waals surface area contributed by atoms with E-state index in [1.165, 1.54) is 0 Å². The van der Waals surface area contributed by atoms with Crippen molar-refractivity contribution in [3.05, 3.63) is 12.2 Å². The van der Waals surface area contributed by atoms with Crippen molar-refractivity contribution in [2.45, 2.75) is 32.0 Å². The van der Waals surface area contributed by atoms with E-state index < -0.39 is 5.97 Å². The van der Waals surface area contributed by atoms with E-state index >= 15 is 0 Å². The average molecular weight is 266 g/mol. The van der Waals surface area contributed by atoms with Gasteiger partial charge in [0.25, 0.3) is 0 Å². The number of fused-ring (bicyclic) bond motifs is 1. The lowest BCUT2D eigenvalue weighted by Crippen LogP contribution is -2.35. The van der Waals surface area contributed by atoms with Crippen LogP contribution in [0.3, 0.4) is 0 Å². The maximum atomic E-state index is 11.6. The summed E-state index contributed by atoms with van der Waals surface area (Å²) < 4.78 is 16.1. The molecule has 104 valence electrons. The van der Waals surface area contributed by atoms with Crippen LogP contribution in [0.25, 0.3) is 0 Å². The lowest BCUT2D eigenvalue weighted by molar-refractivity contribution is -0.148. The van der Waals surface area contributed by atoms with Gasteiger partial charge >= 0.3 is 11.9 Å². The van der Waals surface area contributed by atoms with Gasteiger partial charge in [0, 0.05) is 11.5 Å². The van der Waals surface area contributed by atoms with Crippen LogP contribution in [0.1, 0.15) is 19.8 Å². The van der Waals surface area contributed by atoms with Gasteiger partial charge in [-0.05, 0) is 25.7 Å². The number of hydrogen-bond acceptors (Lipinski definition) is 5. The van der Waals surface area contributed by atoms with Crippen LogP contribution in [-0.2, 0) is 23.8 Å². The van der Waals surface area contributed by atoms with Crippen LogP contribution in [-0.4, -0.2) is 37.4 Å². The highest BCUT2D eigenvalue weighted by Gasteiger charge is 2.62. The molecule has 0 aromatic rings. The van der Waals surface area contributed by atoms with Crippen molar-refractivity contribution in [2.24, 2.45) is 17.8 Å². The quantitative estimate of drug-likeness (QED) is 0.423. The number of carbonyl (C=O) groups excluding carboxylic acids is 2. The van der Waals surface area contributed by atoms with E-state index in [1.807, 2.05) is 0 Å². The average Bonchev–Trinajstić information content (AvgIpc) is 2.97. The van der Waals surface area contributed by atoms with Gasteiger partial charge in [-0.15, -0.1) is 0 Å². The summed E-state index contributed by atoms with van der Waals surface area (Å²) in [7, 11) is 0. The lowest BCUT2D eigenvalue weighted by atomic mass is 9.88. The lowest BCUT2D eigenvalue weighted by Gasteiger charge is -2.25. The molecule has 3 aliphatic rings. The zero-order valence-electron chi connectivity index (χ0n) is 11.0. The smallest absolute Gasteiger partial charge is 0.333 e. The first-order valence-electron chi connectivity index (χ1n) is 6.72. The predicted octanol–water partition coefficient (Wildman–Crippen LogP) is 1.07. The van der Waals surface area contributed by atoms with Crippen LogP contribution in [0, 0.1) is 17.8 Å². The number of esters is 2. The van der Waals surface area contributed by atoms with E-state index in [1.54, 1.807) is 6.92 Å². The molecule has 5 heteroatoms. The van der Waals surface area contributed by atoms with Gasteiger partial charge in [-0.3, -0.25) is 4.79 Å². The highest BCUT2D eigenvalue weighted by atomic mass is 16.6. The van der Waals surface area contributed by atoms with Gasteiger partial charge < -0.3 is 14.2 Å². The highest BCUT2D eigenvalue weighted by Crippen LogP contribution is 2.55. The Morgan fingerprint density at radius 3 is 2.95 bits per heavy atom. The molecule has 0 aromatic carbocycles. The molecule has 0 spiro atoms. The second-order valence-electron chi connectivity index (χ2n) is 5.65. The molecular formula is C14H18O5. The van der Waals surface area contributed by atoms with Gasteiger partial charge in [-0.1, -0.05) is 6.58 Å². The molecule has 0 aromatic heterocycles. The van der Waals surface area contributed by atoms with E-state index in [2.05, 4.69) is 6.58 Å². The van der Waals surface area contributed by atoms with Crippen LogP contribution in [0.4, 0.5) is 0 Å². The maximum Gasteiger partial charge on any atom is 0.333 e. The molecule has 1 heterocycles. The third kappa shape index (κ3) is 2.06. The largest absolute Gasteiger partial charge is 0.460 e. The number of rotatable bonds is 5. The molecule has 5 unspecified atom stereocenters. The van der Waals surface area contributed by atoms with Crippen molar-refractivity contribution < 1.29 is 23.8 Å². The van der Waals surface area contributed by atoms with Crippen molar-refractivity contribution in [2.75, 3.05) is 13.2 Å². The Morgan fingerprint density at radius 1 is 1.42 bits per heavy atom. The van der Waals surface area contributed by atoms with E-state index in [9.17, 15) is 9.59 Å². The van der Waals surface area contributed by atoms with Gasteiger partial charge in [0.2, 0.25) is 0 Å². The number of ether oxygens (including phenoxy) is 3. The van der Waals surface area contributed by atoms with Gasteiger partial charge in [0.15, 0.2) is 0 Å². The van der Waals surface area contributed by atoms with Crippen molar-refractivity contribution in [3.8, 4) is 0 Å². The van der Waals surface area contributed by atoms with Crippen LogP contribution in [0.5, 0.6) is 0 Å². The normalized spacial score (nSPS) is 38.4. The summed E-state index contributed by atoms with van der Waals surface area (Å²) in [6, 6.07) is 0. The van der Waals surface area contributed by atoms with Crippen molar-refractivity contribution in [3.63, 3.8) is 0 Å². The Balaban J connectivity index is 1.46. The van der Waals surface area contributed by atoms with Crippen molar-refractivity contribution in [1.29, 1.82) is 0 Å². The summed E-state index contributed by atoms with van der Waals surface area (Å²) in [4.78, 5) is 22.8. The summed E-state index contributed by atoms with van der Waals surface area (Å²) >= 11 is 0. The molecule has 1 aliphatic heterocycles. The first-order valence-corrected chi connectivity index (χ1v) is 6.72. The SMILES string of the molecule is C=C(C)C(=O)OCCOC1C2CC3C(=O)OC1C3C2. The summed E-state index contributed by atoms with van der Waals surface area (Å²) in [5, 5.41) is 0. The molecule has 5 atom stereocenters. The minimum absolute atomic E-state index is 0.0174. The summed E-state index contributed by atoms with van der Waals surface area (Å²) in [6.45, 7) is 5.67. The standard InChI is InChI=1S/C14H18O5/c1-7(2)13(15)18-4-3-17-11-8-5-9-10(6-8)14(16)19-12(9)11/h8-12H,1,3-6H2,2H3. The fraction of sp³-hybridized carbons (Fsp3) is 0.714. The molecular weight excluding hydrogens is 248 g/mol. The van der Waals surface area contributed by atoms with Crippen molar-refractivity contribution >= 4 is 11.9 Å². The van der Waals surface area contributed by atoms with E-state index in [0.29, 0.717) is 24.0 Å². The van der Waals surface area contributed by atoms with E-state index in [4.69, 9.17) is 14.2 Å². The van der Waals surface area contributed by atoms with Crippen LogP contribution >= 0.6 is 0 Å². The first-order chi connectivity index (χ1) is 9.08. The fourth-order valence-electron chi connectivity index (χ4n) is 3.57. The van der Waals surface area contributed by atoms with Gasteiger partial charge in [-0.2, -0.15) is 0 Å². The predicted molar refractivity (Wildman–Crippen MR) is 65.1 cm³/mol. The molecule has 1 saturated heterocycles. The first kappa shape index (κ1) is 12.7. The summed E-state index contributed by atoms with van der Waals surface area (Å²) in [5.74, 6) is 0.418. The van der Waals surface area contributed by atoms with Crippen LogP contribution in [0.15, 0.2) is 12.2 Å². The Morgan fingerprint density at radius 2 is 2.21 bits per heavy atom. The summed E-state index contributed by atoms with van der Waals surface area (Å²) in [5.41, 5.74) is 0.382. The molecule has 3 fully saturated rings. The Bertz CT molecular complexity index is 430. The molecule has 2 saturated carbocycles. The monoisotopic (exact) mass is 266 g/mol. The molecule has 19 heavy (non-hydrogen) atoms. The second-order valence-corrected chi connectivity index (χ2v) is 5.65. The molecule has 0 radical (unpaired) electrons. The van der Waals surface area contributed by atoms with Crippen LogP contribution < -0.4 is 0 Å². The van der Waals surface area contributed by atoms with E-state index in [-0.39, 0.29) is 30.7 Å². The maximum absolute atomic E-state index is 11.6. The Hall–Kier alpha value is -1.36. The second kappa shape index (κ2) is 4.63.